The fourth-order valence-electron chi connectivity index (χ4n) is 4.42. The maximum atomic E-state index is 4.81. The monoisotopic (exact) mass is 445 g/mol. The predicted octanol–water partition coefficient (Wildman–Crippen LogP) is 5.51. The number of hydrogen-bond acceptors (Lipinski definition) is 4. The van der Waals surface area contributed by atoms with Crippen LogP contribution in [0.25, 0.3) is 5.69 Å². The minimum Gasteiger partial charge on any atom is -0.291 e. The molecular weight excluding hydrogens is 418 g/mol. The summed E-state index contributed by atoms with van der Waals surface area (Å²) in [7, 11) is 2.00. The van der Waals surface area contributed by atoms with Gasteiger partial charge in [-0.15, -0.1) is 9.90 Å². The van der Waals surface area contributed by atoms with E-state index in [9.17, 15) is 0 Å². The minimum atomic E-state index is -0.637. The van der Waals surface area contributed by atoms with Gasteiger partial charge in [-0.05, 0) is 35.7 Å². The van der Waals surface area contributed by atoms with Gasteiger partial charge in [0, 0.05) is 7.05 Å². The zero-order valence-corrected chi connectivity index (χ0v) is 19.3. The van der Waals surface area contributed by atoms with Gasteiger partial charge in [-0.1, -0.05) is 109 Å². The van der Waals surface area contributed by atoms with Crippen LogP contribution in [-0.4, -0.2) is 22.0 Å². The van der Waals surface area contributed by atoms with E-state index in [-0.39, 0.29) is 0 Å². The van der Waals surface area contributed by atoms with Crippen molar-refractivity contribution < 1.29 is 0 Å². The maximum Gasteiger partial charge on any atom is 0.188 e. The minimum absolute atomic E-state index is 0.637. The van der Waals surface area contributed by atoms with Gasteiger partial charge in [-0.25, -0.2) is 5.43 Å². The Labute approximate surface area is 200 Å². The van der Waals surface area contributed by atoms with Crippen LogP contribution in [0, 0.1) is 6.92 Å². The maximum absolute atomic E-state index is 4.81. The Hall–Kier alpha value is -4.22. The van der Waals surface area contributed by atoms with Crippen molar-refractivity contribution in [3.05, 3.63) is 144 Å². The normalized spacial score (nSPS) is 11.4. The molecule has 0 aliphatic rings. The lowest BCUT2D eigenvalue weighted by molar-refractivity contribution is 0.463. The van der Waals surface area contributed by atoms with Crippen molar-refractivity contribution in [2.24, 2.45) is 0 Å². The summed E-state index contributed by atoms with van der Waals surface area (Å²) in [6.07, 6.45) is 0. The van der Waals surface area contributed by atoms with Crippen molar-refractivity contribution in [2.45, 2.75) is 12.5 Å². The van der Waals surface area contributed by atoms with Gasteiger partial charge in [0.15, 0.2) is 5.82 Å². The van der Waals surface area contributed by atoms with Crippen LogP contribution in [0.4, 0.5) is 5.82 Å². The standard InChI is InChI=1S/C29H27N5/c1-23-28(31-34(30-23)27-21-13-6-14-22-27)33(2)32-29(24-15-7-3-8-16-24,25-17-9-4-10-18-25)26-19-11-5-12-20-26/h3-22,32H,1-2H3. The van der Waals surface area contributed by atoms with Crippen molar-refractivity contribution in [3.8, 4) is 5.69 Å². The molecule has 1 heterocycles. The number of nitrogens with zero attached hydrogens (tertiary/aromatic N) is 4. The summed E-state index contributed by atoms with van der Waals surface area (Å²) < 4.78 is 0. The van der Waals surface area contributed by atoms with E-state index >= 15 is 0 Å². The molecule has 1 aromatic heterocycles. The average Bonchev–Trinajstić information content (AvgIpc) is 3.31. The summed E-state index contributed by atoms with van der Waals surface area (Å²) >= 11 is 0. The highest BCUT2D eigenvalue weighted by Gasteiger charge is 2.38. The van der Waals surface area contributed by atoms with Crippen LogP contribution in [0.15, 0.2) is 121 Å². The second-order valence-electron chi connectivity index (χ2n) is 8.25. The first-order chi connectivity index (χ1) is 16.7. The van der Waals surface area contributed by atoms with Crippen LogP contribution in [-0.2, 0) is 5.54 Å². The number of benzene rings is 4. The van der Waals surface area contributed by atoms with Gasteiger partial charge in [0.1, 0.15) is 11.2 Å². The summed E-state index contributed by atoms with van der Waals surface area (Å²) in [5, 5.41) is 11.5. The third kappa shape index (κ3) is 3.98. The molecule has 0 radical (unpaired) electrons. The molecule has 0 aliphatic carbocycles. The second-order valence-corrected chi connectivity index (χ2v) is 8.25. The van der Waals surface area contributed by atoms with E-state index in [0.717, 1.165) is 33.9 Å². The summed E-state index contributed by atoms with van der Waals surface area (Å²) in [5.74, 6) is 0.760. The van der Waals surface area contributed by atoms with E-state index in [4.69, 9.17) is 5.10 Å². The topological polar surface area (TPSA) is 46.0 Å². The van der Waals surface area contributed by atoms with Gasteiger partial charge >= 0.3 is 0 Å². The van der Waals surface area contributed by atoms with Crippen molar-refractivity contribution in [3.63, 3.8) is 0 Å². The zero-order valence-electron chi connectivity index (χ0n) is 19.3. The zero-order chi connectivity index (χ0) is 23.4. The fraction of sp³-hybridized carbons (Fsp3) is 0.103. The molecule has 0 amide bonds. The van der Waals surface area contributed by atoms with E-state index in [2.05, 4.69) is 83.3 Å². The highest BCUT2D eigenvalue weighted by Crippen LogP contribution is 2.37. The number of rotatable bonds is 7. The molecule has 5 nitrogen and oxygen atoms in total. The lowest BCUT2D eigenvalue weighted by Gasteiger charge is -2.40. The van der Waals surface area contributed by atoms with Crippen molar-refractivity contribution in [2.75, 3.05) is 12.1 Å². The van der Waals surface area contributed by atoms with Gasteiger partial charge in [-0.2, -0.15) is 5.10 Å². The first kappa shape index (κ1) is 21.6. The molecule has 0 atom stereocenters. The molecular formula is C29H27N5. The third-order valence-electron chi connectivity index (χ3n) is 6.02. The van der Waals surface area contributed by atoms with Crippen LogP contribution >= 0.6 is 0 Å². The Morgan fingerprint density at radius 3 is 1.47 bits per heavy atom. The van der Waals surface area contributed by atoms with Gasteiger partial charge in [0.25, 0.3) is 0 Å². The molecule has 0 unspecified atom stereocenters. The van der Waals surface area contributed by atoms with Gasteiger partial charge < -0.3 is 0 Å². The van der Waals surface area contributed by atoms with Crippen LogP contribution in [0.1, 0.15) is 22.4 Å². The number of hydrogen-bond donors (Lipinski definition) is 1. The lowest BCUT2D eigenvalue weighted by atomic mass is 9.77. The Morgan fingerprint density at radius 1 is 0.618 bits per heavy atom. The molecule has 5 aromatic rings. The molecule has 0 fully saturated rings. The number of aryl methyl sites for hydroxylation is 1. The summed E-state index contributed by atoms with van der Waals surface area (Å²) in [5.41, 5.74) is 8.33. The highest BCUT2D eigenvalue weighted by molar-refractivity contribution is 5.52. The number of aromatic nitrogens is 3. The Kier molecular flexibility index (Phi) is 5.93. The molecule has 4 aromatic carbocycles. The van der Waals surface area contributed by atoms with Gasteiger partial charge in [-0.3, -0.25) is 5.01 Å². The van der Waals surface area contributed by atoms with Crippen molar-refractivity contribution in [1.29, 1.82) is 0 Å². The Morgan fingerprint density at radius 2 is 1.03 bits per heavy atom. The smallest absolute Gasteiger partial charge is 0.188 e. The quantitative estimate of drug-likeness (QED) is 0.265. The van der Waals surface area contributed by atoms with Gasteiger partial charge in [0.2, 0.25) is 0 Å². The second kappa shape index (κ2) is 9.33. The first-order valence-corrected chi connectivity index (χ1v) is 11.4. The molecule has 34 heavy (non-hydrogen) atoms. The van der Waals surface area contributed by atoms with Crippen LogP contribution in [0.2, 0.25) is 0 Å². The number of hydrazine groups is 1. The van der Waals surface area contributed by atoms with E-state index in [1.165, 1.54) is 0 Å². The van der Waals surface area contributed by atoms with Crippen LogP contribution < -0.4 is 10.4 Å². The first-order valence-electron chi connectivity index (χ1n) is 11.4. The number of anilines is 1. The van der Waals surface area contributed by atoms with E-state index in [0.29, 0.717) is 0 Å². The fourth-order valence-corrected chi connectivity index (χ4v) is 4.42. The average molecular weight is 446 g/mol. The number of para-hydroxylation sites is 1. The molecule has 0 saturated heterocycles. The van der Waals surface area contributed by atoms with E-state index < -0.39 is 5.54 Å². The van der Waals surface area contributed by atoms with E-state index in [1.54, 1.807) is 4.80 Å². The van der Waals surface area contributed by atoms with Crippen LogP contribution in [0.5, 0.6) is 0 Å². The molecule has 1 N–H and O–H groups in total. The largest absolute Gasteiger partial charge is 0.291 e. The molecule has 168 valence electrons. The SMILES string of the molecule is Cc1nn(-c2ccccc2)nc1N(C)NC(c1ccccc1)(c1ccccc1)c1ccccc1. The molecule has 0 spiro atoms. The molecule has 0 saturated carbocycles. The Balaban J connectivity index is 1.64. The van der Waals surface area contributed by atoms with Crippen molar-refractivity contribution in [1.82, 2.24) is 20.4 Å². The van der Waals surface area contributed by atoms with Crippen LogP contribution in [0.3, 0.4) is 0 Å². The number of nitrogens with one attached hydrogen (secondary N) is 1. The summed E-state index contributed by atoms with van der Waals surface area (Å²) in [6.45, 7) is 1.98. The van der Waals surface area contributed by atoms with Crippen molar-refractivity contribution >= 4 is 5.82 Å². The molecule has 5 heteroatoms. The molecule has 0 aliphatic heterocycles. The third-order valence-corrected chi connectivity index (χ3v) is 6.02. The predicted molar refractivity (Wildman–Crippen MR) is 137 cm³/mol. The van der Waals surface area contributed by atoms with E-state index in [1.807, 2.05) is 67.5 Å². The lowest BCUT2D eigenvalue weighted by Crippen LogP contribution is -2.53. The highest BCUT2D eigenvalue weighted by atomic mass is 15.6. The molecule has 5 rings (SSSR count). The summed E-state index contributed by atoms with van der Waals surface area (Å²) in [6, 6.07) is 41.5. The van der Waals surface area contributed by atoms with Gasteiger partial charge in [0.05, 0.1) is 5.69 Å². The Bertz CT molecular complexity index is 1240. The molecule has 0 bridgehead atoms. The summed E-state index contributed by atoms with van der Waals surface area (Å²) in [4.78, 5) is 1.68.